The number of rotatable bonds is 8. The van der Waals surface area contributed by atoms with E-state index in [2.05, 4.69) is 38.2 Å². The largest absolute Gasteiger partial charge is 0.507 e. The van der Waals surface area contributed by atoms with Crippen LogP contribution in [-0.2, 0) is 6.42 Å². The number of benzene rings is 2. The molecule has 6 nitrogen and oxygen atoms in total. The predicted molar refractivity (Wildman–Crippen MR) is 159 cm³/mol. The number of hydrogen-bond donors (Lipinski definition) is 3. The summed E-state index contributed by atoms with van der Waals surface area (Å²) in [5.74, 6) is -0.598. The summed E-state index contributed by atoms with van der Waals surface area (Å²) in [6, 6.07) is 10.4. The van der Waals surface area contributed by atoms with E-state index in [1.807, 2.05) is 52.0 Å². The Hall–Kier alpha value is -2.99. The minimum atomic E-state index is -0.362. The predicted octanol–water partition coefficient (Wildman–Crippen LogP) is 9.08. The molecule has 7 heteroatoms. The molecule has 3 N–H and O–H groups in total. The minimum Gasteiger partial charge on any atom is -0.507 e. The van der Waals surface area contributed by atoms with Crippen molar-refractivity contribution in [2.75, 3.05) is 6.54 Å². The molecule has 3 aromatic rings. The van der Waals surface area contributed by atoms with Crippen molar-refractivity contribution in [2.45, 2.75) is 93.9 Å². The van der Waals surface area contributed by atoms with Crippen molar-refractivity contribution >= 4 is 17.5 Å². The van der Waals surface area contributed by atoms with Gasteiger partial charge in [-0.15, -0.1) is 0 Å². The van der Waals surface area contributed by atoms with Gasteiger partial charge in [-0.05, 0) is 25.5 Å². The average molecular weight is 547 g/mol. The van der Waals surface area contributed by atoms with E-state index in [1.54, 1.807) is 0 Å². The number of aromatic hydroxyl groups is 2. The molecule has 0 unspecified atom stereocenters. The highest BCUT2D eigenvalue weighted by Crippen LogP contribution is 2.40. The van der Waals surface area contributed by atoms with Crippen LogP contribution in [-0.4, -0.2) is 27.8 Å². The summed E-state index contributed by atoms with van der Waals surface area (Å²) < 4.78 is 5.42. The van der Waals surface area contributed by atoms with Gasteiger partial charge in [0.05, 0.1) is 10.6 Å². The highest BCUT2D eigenvalue weighted by molar-refractivity contribution is 6.32. The normalized spacial score (nSPS) is 9.71. The Morgan fingerprint density at radius 2 is 1.58 bits per heavy atom. The number of carbonyl (C=O) groups excluding carboxylic acids is 1. The fourth-order valence-electron chi connectivity index (χ4n) is 3.22. The minimum absolute atomic E-state index is 0.0558. The molecule has 0 aliphatic heterocycles. The van der Waals surface area contributed by atoms with Crippen LogP contribution in [0.15, 0.2) is 40.9 Å². The third-order valence-corrected chi connectivity index (χ3v) is 5.62. The maximum atomic E-state index is 12.4. The fraction of sp³-hybridized carbons (Fsp3) is 0.484. The molecular weight excluding hydrogens is 500 g/mol. The molecule has 0 aliphatic rings. The van der Waals surface area contributed by atoms with Gasteiger partial charge < -0.3 is 20.1 Å². The van der Waals surface area contributed by atoms with Crippen molar-refractivity contribution in [3.63, 3.8) is 0 Å². The molecule has 2 aromatic carbocycles. The first-order valence-electron chi connectivity index (χ1n) is 13.8. The topological polar surface area (TPSA) is 95.6 Å². The van der Waals surface area contributed by atoms with E-state index in [4.69, 9.17) is 16.1 Å². The number of nitrogens with zero attached hydrogens (tertiary/aromatic N) is 1. The van der Waals surface area contributed by atoms with E-state index in [0.717, 1.165) is 17.2 Å². The summed E-state index contributed by atoms with van der Waals surface area (Å²) in [6.45, 7) is 17.0. The van der Waals surface area contributed by atoms with Crippen LogP contribution >= 0.6 is 11.6 Å². The Bertz CT molecular complexity index is 1080. The molecule has 0 saturated carbocycles. The van der Waals surface area contributed by atoms with Crippen LogP contribution in [0.2, 0.25) is 5.02 Å². The maximum Gasteiger partial charge on any atom is 0.273 e. The van der Waals surface area contributed by atoms with Crippen molar-refractivity contribution < 1.29 is 19.5 Å². The van der Waals surface area contributed by atoms with E-state index >= 15 is 0 Å². The number of aryl methyl sites for hydroxylation is 1. The number of phenols is 2. The molecule has 0 bridgehead atoms. The molecule has 1 heterocycles. The van der Waals surface area contributed by atoms with Crippen LogP contribution in [0.1, 0.15) is 108 Å². The molecule has 1 amide bonds. The number of halogens is 1. The second kappa shape index (κ2) is 20.0. The molecule has 0 fully saturated rings. The first-order chi connectivity index (χ1) is 18.2. The summed E-state index contributed by atoms with van der Waals surface area (Å²) >= 11 is 5.99. The monoisotopic (exact) mass is 546 g/mol. The van der Waals surface area contributed by atoms with Crippen molar-refractivity contribution in [2.24, 2.45) is 0 Å². The van der Waals surface area contributed by atoms with E-state index in [0.29, 0.717) is 18.5 Å². The number of phenolic OH excluding ortho intramolecular Hbond substituents is 2. The Kier molecular flexibility index (Phi) is 18.5. The number of aromatic nitrogens is 1. The van der Waals surface area contributed by atoms with Crippen LogP contribution in [0.5, 0.6) is 11.5 Å². The Labute approximate surface area is 234 Å². The van der Waals surface area contributed by atoms with Crippen LogP contribution in [0, 0.1) is 6.92 Å². The second-order valence-corrected chi connectivity index (χ2v) is 8.95. The zero-order valence-electron chi connectivity index (χ0n) is 24.4. The zero-order valence-corrected chi connectivity index (χ0v) is 25.2. The molecule has 0 saturated heterocycles. The smallest absolute Gasteiger partial charge is 0.273 e. The van der Waals surface area contributed by atoms with Gasteiger partial charge in [0.25, 0.3) is 5.91 Å². The number of unbranched alkanes of at least 4 members (excludes halogenated alkanes) is 3. The SMILES string of the molecule is CC.CCCC.CCCCC.CCNC(=O)c1noc(-c2cc(Cl)c(O)cc2O)c1Cc1cccc(C)c1. The number of nitrogens with one attached hydrogen (secondary N) is 1. The molecule has 38 heavy (non-hydrogen) atoms. The number of hydrogen-bond acceptors (Lipinski definition) is 5. The van der Waals surface area contributed by atoms with Gasteiger partial charge in [-0.2, -0.15) is 0 Å². The van der Waals surface area contributed by atoms with Gasteiger partial charge in [-0.25, -0.2) is 0 Å². The third-order valence-electron chi connectivity index (χ3n) is 5.32. The van der Waals surface area contributed by atoms with Crippen LogP contribution < -0.4 is 5.32 Å². The summed E-state index contributed by atoms with van der Waals surface area (Å²) in [6.07, 6.45) is 7.10. The molecule has 212 valence electrons. The van der Waals surface area contributed by atoms with Crippen LogP contribution in [0.3, 0.4) is 0 Å². The summed E-state index contributed by atoms with van der Waals surface area (Å²) in [7, 11) is 0. The average Bonchev–Trinajstić information content (AvgIpc) is 3.31. The third kappa shape index (κ3) is 11.6. The van der Waals surface area contributed by atoms with Gasteiger partial charge >= 0.3 is 0 Å². The fourth-order valence-corrected chi connectivity index (χ4v) is 3.38. The highest BCUT2D eigenvalue weighted by Gasteiger charge is 2.25. The first-order valence-corrected chi connectivity index (χ1v) is 14.2. The van der Waals surface area contributed by atoms with E-state index in [1.165, 1.54) is 38.2 Å². The second-order valence-electron chi connectivity index (χ2n) is 8.54. The maximum absolute atomic E-state index is 12.4. The van der Waals surface area contributed by atoms with Gasteiger partial charge in [0.15, 0.2) is 11.5 Å². The van der Waals surface area contributed by atoms with E-state index in [-0.39, 0.29) is 39.4 Å². The lowest BCUT2D eigenvalue weighted by molar-refractivity contribution is 0.0946. The molecule has 0 atom stereocenters. The summed E-state index contributed by atoms with van der Waals surface area (Å²) in [5.41, 5.74) is 2.99. The van der Waals surface area contributed by atoms with Gasteiger partial charge in [-0.1, -0.05) is 120 Å². The van der Waals surface area contributed by atoms with E-state index < -0.39 is 0 Å². The van der Waals surface area contributed by atoms with Gasteiger partial charge in [0, 0.05) is 24.6 Å². The molecule has 0 aliphatic carbocycles. The van der Waals surface area contributed by atoms with Gasteiger partial charge in [0.1, 0.15) is 11.5 Å². The van der Waals surface area contributed by atoms with Gasteiger partial charge in [0.2, 0.25) is 0 Å². The van der Waals surface area contributed by atoms with Crippen LogP contribution in [0.25, 0.3) is 11.3 Å². The number of amides is 1. The van der Waals surface area contributed by atoms with Crippen molar-refractivity contribution in [3.05, 3.63) is 63.8 Å². The zero-order chi connectivity index (χ0) is 29.1. The summed E-state index contributed by atoms with van der Waals surface area (Å²) in [4.78, 5) is 12.4. The lowest BCUT2D eigenvalue weighted by Gasteiger charge is -2.08. The van der Waals surface area contributed by atoms with Crippen molar-refractivity contribution in [1.29, 1.82) is 0 Å². The molecule has 0 radical (unpaired) electrons. The van der Waals surface area contributed by atoms with Crippen molar-refractivity contribution in [3.8, 4) is 22.8 Å². The Morgan fingerprint density at radius 3 is 2.08 bits per heavy atom. The van der Waals surface area contributed by atoms with E-state index in [9.17, 15) is 15.0 Å². The Balaban J connectivity index is 0.00000106. The standard InChI is InChI=1S/C20H19ClN2O4.C5H12.C4H10.C2H6/c1-3-22-20(26)18-14(8-12-6-4-5-11(2)7-12)19(27-23-18)13-9-15(21)17(25)10-16(13)24;1-3-5-4-2;1-3-4-2;1-2/h4-7,9-10,24-25H,3,8H2,1-2H3,(H,22,26);3-5H2,1-2H3;3-4H2,1-2H3;1-2H3. The molecule has 0 spiro atoms. The van der Waals surface area contributed by atoms with Crippen molar-refractivity contribution in [1.82, 2.24) is 10.5 Å². The summed E-state index contributed by atoms with van der Waals surface area (Å²) in [5, 5.41) is 26.6. The quantitative estimate of drug-likeness (QED) is 0.262. The van der Waals surface area contributed by atoms with Gasteiger partial charge in [-0.3, -0.25) is 4.79 Å². The molecular formula is C31H47ClN2O4. The molecule has 3 rings (SSSR count). The first kappa shape index (κ1) is 35.0. The lowest BCUT2D eigenvalue weighted by atomic mass is 9.97. The highest BCUT2D eigenvalue weighted by atomic mass is 35.5. The van der Waals surface area contributed by atoms with Crippen LogP contribution in [0.4, 0.5) is 0 Å². The Morgan fingerprint density at radius 1 is 0.947 bits per heavy atom. The lowest BCUT2D eigenvalue weighted by Crippen LogP contribution is -2.24. The number of carbonyl (C=O) groups is 1. The molecule has 1 aromatic heterocycles.